The van der Waals surface area contributed by atoms with Crippen LogP contribution in [-0.2, 0) is 52.5 Å². The number of amides is 4. The summed E-state index contributed by atoms with van der Waals surface area (Å²) in [5.74, 6) is -2.97. The smallest absolute Gasteiger partial charge is 0.458 e. The number of alkyl halides is 3. The molecule has 6 rings (SSSR count). The van der Waals surface area contributed by atoms with Gasteiger partial charge in [-0.05, 0) is 119 Å². The lowest BCUT2D eigenvalue weighted by Crippen LogP contribution is -2.53. The van der Waals surface area contributed by atoms with Crippen LogP contribution in [-0.4, -0.2) is 116 Å². The molecule has 414 valence electrons. The van der Waals surface area contributed by atoms with Gasteiger partial charge in [-0.3, -0.25) is 19.6 Å². The van der Waals surface area contributed by atoms with Gasteiger partial charge >= 0.3 is 47.1 Å². The number of esters is 1. The first-order chi connectivity index (χ1) is 35.4. The molecule has 24 heteroatoms. The first-order valence-corrected chi connectivity index (χ1v) is 24.9. The number of ether oxygens (including phenoxy) is 3. The predicted octanol–water partition coefficient (Wildman–Crippen LogP) is 8.17. The van der Waals surface area contributed by atoms with Crippen LogP contribution in [0.2, 0.25) is 0 Å². The van der Waals surface area contributed by atoms with Crippen LogP contribution in [0.15, 0.2) is 115 Å². The summed E-state index contributed by atoms with van der Waals surface area (Å²) < 4.78 is 80.0. The highest BCUT2D eigenvalue weighted by Crippen LogP contribution is 2.37. The molecule has 4 heterocycles. The average molecular weight is 1090 g/mol. The van der Waals surface area contributed by atoms with Gasteiger partial charge in [-0.25, -0.2) is 24.2 Å². The summed E-state index contributed by atoms with van der Waals surface area (Å²) in [6.45, 7) is 20.0. The first-order valence-electron chi connectivity index (χ1n) is 23.5. The van der Waals surface area contributed by atoms with E-state index in [1.807, 2.05) is 60.7 Å². The molecule has 19 nitrogen and oxygen atoms in total. The molecular formula is C53H62BF3N4O15S. The second kappa shape index (κ2) is 26.0. The fourth-order valence-electron chi connectivity index (χ4n) is 6.98. The van der Waals surface area contributed by atoms with Crippen LogP contribution in [0, 0.1) is 5.41 Å². The monoisotopic (exact) mass is 1090 g/mol. The summed E-state index contributed by atoms with van der Waals surface area (Å²) in [5.41, 5.74) is -3.01. The van der Waals surface area contributed by atoms with E-state index in [4.69, 9.17) is 33.8 Å². The van der Waals surface area contributed by atoms with E-state index in [2.05, 4.69) is 14.2 Å². The molecule has 2 aliphatic heterocycles. The van der Waals surface area contributed by atoms with Crippen LogP contribution in [0.25, 0.3) is 27.8 Å². The van der Waals surface area contributed by atoms with E-state index in [9.17, 15) is 45.6 Å². The summed E-state index contributed by atoms with van der Waals surface area (Å²) in [6.07, 6.45) is 7.04. The maximum Gasteiger partial charge on any atom is 0.534 e. The Morgan fingerprint density at radius 1 is 0.623 bits per heavy atom. The summed E-state index contributed by atoms with van der Waals surface area (Å²) >= 11 is 0. The third kappa shape index (κ3) is 19.8. The number of hydrogen-bond acceptors (Lipinski definition) is 17. The zero-order chi connectivity index (χ0) is 58.5. The fourth-order valence-corrected chi connectivity index (χ4v) is 7.47. The normalized spacial score (nSPS) is 16.0. The van der Waals surface area contributed by atoms with E-state index in [0.29, 0.717) is 17.1 Å². The molecule has 0 radical (unpaired) electrons. The number of nitrogens with zero attached hydrogens (tertiary/aromatic N) is 4. The quantitative estimate of drug-likeness (QED) is 0.0581. The molecule has 2 atom stereocenters. The minimum Gasteiger partial charge on any atom is -0.458 e. The second-order valence-electron chi connectivity index (χ2n) is 21.1. The largest absolute Gasteiger partial charge is 0.534 e. The lowest BCUT2D eigenvalue weighted by Gasteiger charge is -2.41. The molecule has 2 aromatic carbocycles. The Labute approximate surface area is 445 Å². The van der Waals surface area contributed by atoms with E-state index >= 15 is 0 Å². The van der Waals surface area contributed by atoms with Crippen LogP contribution in [0.4, 0.5) is 22.8 Å². The molecule has 0 saturated carbocycles. The van der Waals surface area contributed by atoms with Crippen molar-refractivity contribution in [3.8, 4) is 22.3 Å². The second-order valence-corrected chi connectivity index (χ2v) is 22.7. The van der Waals surface area contributed by atoms with Gasteiger partial charge in [0.15, 0.2) is 0 Å². The van der Waals surface area contributed by atoms with Gasteiger partial charge in [-0.15, -0.1) is 0 Å². The maximum atomic E-state index is 13.0. The van der Waals surface area contributed by atoms with E-state index in [1.54, 1.807) is 120 Å². The number of rotatable bonds is 7. The highest BCUT2D eigenvalue weighted by atomic mass is 32.2. The fraction of sp³-hybridized carbons (Fsp3) is 0.396. The number of imide groups is 2. The Kier molecular flexibility index (Phi) is 21.5. The summed E-state index contributed by atoms with van der Waals surface area (Å²) in [6, 6.07) is 20.2. The molecule has 0 aliphatic carbocycles. The summed E-state index contributed by atoms with van der Waals surface area (Å²) in [7, 11) is -7.32. The van der Waals surface area contributed by atoms with Gasteiger partial charge in [0.05, 0.1) is 6.04 Å². The van der Waals surface area contributed by atoms with E-state index in [0.717, 1.165) is 37.6 Å². The molecule has 2 aromatic heterocycles. The van der Waals surface area contributed by atoms with Crippen molar-refractivity contribution in [3.63, 3.8) is 0 Å². The Bertz CT molecular complexity index is 2910. The Balaban J connectivity index is 0.000000314. The maximum absolute atomic E-state index is 13.0. The van der Waals surface area contributed by atoms with Crippen LogP contribution in [0.1, 0.15) is 101 Å². The zero-order valence-corrected chi connectivity index (χ0v) is 45.4. The zero-order valence-electron chi connectivity index (χ0n) is 44.6. The average Bonchev–Trinajstić information content (AvgIpc) is 3.30. The lowest BCUT2D eigenvalue weighted by molar-refractivity contribution is -0.191. The van der Waals surface area contributed by atoms with Gasteiger partial charge in [0.25, 0.3) is 11.8 Å². The molecule has 2 N–H and O–H groups in total. The Morgan fingerprint density at radius 2 is 1.04 bits per heavy atom. The summed E-state index contributed by atoms with van der Waals surface area (Å²) in [4.78, 5) is 89.5. The standard InChI is InChI=1S/C26H30N2O5.C15H22F3NO6S.C11H10BNO2.CO2/c1-25(2,3)32-23(30)21-14-20(15-22(29)28(21)24(31)33-26(4,5)6)18-11-9-17(10-12-18)19-8-7-13-27-16-19;1-13(2,3)10-7-9(25-26(22,23)15(16,17)18)8-11(20)19(10)12(21)24-14(4,5)6;14-12(15)11-5-3-9(4-6-11)10-2-1-7-13-8-10;2-1-3/h7-13,15-16,21H,14H2,1-6H3;8,10H,7H2,1-6H3;1-8,14-15H;/t21-;10-;;/m11../s1. The third-order valence-corrected chi connectivity index (χ3v) is 11.3. The SMILES string of the molecule is CC(C)(C)OC(=O)N1C(=O)C=C(OS(=O)(=O)C(F)(F)F)C[C@@H]1C(C)(C)C.CC(C)(C)OC(=O)[C@H]1CC(c2ccc(-c3cccnc3)cc2)=CC(=O)N1C(=O)OC(C)(C)C.O=C=O.OB(O)c1ccc(-c2cccnc2)cc1. The van der Waals surface area contributed by atoms with E-state index in [1.165, 1.54) is 6.08 Å². The van der Waals surface area contributed by atoms with E-state index < -0.39 is 99.2 Å². The number of carbonyl (C=O) groups is 5. The third-order valence-electron chi connectivity index (χ3n) is 10.3. The topological polar surface area (TPSA) is 263 Å². The highest BCUT2D eigenvalue weighted by Gasteiger charge is 2.51. The van der Waals surface area contributed by atoms with Gasteiger partial charge in [-0.2, -0.15) is 31.2 Å². The van der Waals surface area contributed by atoms with Crippen molar-refractivity contribution < 1.29 is 83.6 Å². The van der Waals surface area contributed by atoms with Crippen molar-refractivity contribution in [1.82, 2.24) is 19.8 Å². The van der Waals surface area contributed by atoms with Crippen molar-refractivity contribution in [2.24, 2.45) is 5.41 Å². The van der Waals surface area contributed by atoms with Crippen LogP contribution in [0.5, 0.6) is 0 Å². The number of benzene rings is 2. The molecule has 0 fully saturated rings. The van der Waals surface area contributed by atoms with E-state index in [-0.39, 0.29) is 12.6 Å². The highest BCUT2D eigenvalue weighted by molar-refractivity contribution is 7.87. The van der Waals surface area contributed by atoms with Crippen LogP contribution < -0.4 is 5.46 Å². The predicted molar refractivity (Wildman–Crippen MR) is 275 cm³/mol. The molecule has 0 spiro atoms. The van der Waals surface area contributed by atoms with Gasteiger partial charge in [0, 0.05) is 49.8 Å². The minimum atomic E-state index is -5.91. The van der Waals surface area contributed by atoms with Crippen molar-refractivity contribution in [2.45, 2.75) is 130 Å². The van der Waals surface area contributed by atoms with Crippen molar-refractivity contribution in [1.29, 1.82) is 0 Å². The van der Waals surface area contributed by atoms with Gasteiger partial charge in [-0.1, -0.05) is 81.4 Å². The molecule has 0 bridgehead atoms. The van der Waals surface area contributed by atoms with Gasteiger partial charge in [0.2, 0.25) is 0 Å². The van der Waals surface area contributed by atoms with Crippen molar-refractivity contribution in [3.05, 3.63) is 121 Å². The molecule has 0 unspecified atom stereocenters. The lowest BCUT2D eigenvalue weighted by atomic mass is 9.80. The molecular weight excluding hydrogens is 1030 g/mol. The van der Waals surface area contributed by atoms with Crippen LogP contribution >= 0.6 is 0 Å². The Morgan fingerprint density at radius 3 is 1.43 bits per heavy atom. The number of halogens is 3. The molecule has 2 aliphatic rings. The number of pyridine rings is 2. The van der Waals surface area contributed by atoms with Gasteiger partial charge < -0.3 is 28.4 Å². The van der Waals surface area contributed by atoms with Crippen molar-refractivity contribution >= 4 is 64.4 Å². The minimum absolute atomic E-state index is 0.131. The molecule has 4 aromatic rings. The summed E-state index contributed by atoms with van der Waals surface area (Å²) in [5, 5.41) is 17.9. The number of aromatic nitrogens is 2. The number of hydrogen-bond donors (Lipinski definition) is 2. The first kappa shape index (κ1) is 63.8. The van der Waals surface area contributed by atoms with Crippen molar-refractivity contribution in [2.75, 3.05) is 0 Å². The van der Waals surface area contributed by atoms with Gasteiger partial charge in [0.1, 0.15) is 28.6 Å². The Hall–Kier alpha value is -7.53. The molecule has 77 heavy (non-hydrogen) atoms. The number of carbonyl (C=O) groups excluding carboxylic acids is 7. The molecule has 0 saturated heterocycles. The van der Waals surface area contributed by atoms with Crippen LogP contribution in [0.3, 0.4) is 0 Å². The molecule has 4 amide bonds.